The second-order valence-electron chi connectivity index (χ2n) is 11.4. The van der Waals surface area contributed by atoms with Gasteiger partial charge in [0.1, 0.15) is 17.9 Å². The van der Waals surface area contributed by atoms with Crippen LogP contribution < -0.4 is 9.47 Å². The molecule has 2 saturated heterocycles. The number of para-hydroxylation sites is 1. The van der Waals surface area contributed by atoms with Gasteiger partial charge in [-0.2, -0.15) is 5.26 Å². The molecule has 0 radical (unpaired) electrons. The zero-order valence-electron chi connectivity index (χ0n) is 23.5. The number of imidazole rings is 1. The maximum Gasteiger partial charge on any atom is 0.335 e. The number of likely N-dealkylation sites (tertiary alicyclic amines) is 1. The first kappa shape index (κ1) is 27.4. The van der Waals surface area contributed by atoms with Gasteiger partial charge in [-0.05, 0) is 74.2 Å². The number of rotatable bonds is 7. The van der Waals surface area contributed by atoms with Gasteiger partial charge < -0.3 is 23.9 Å². The summed E-state index contributed by atoms with van der Waals surface area (Å²) in [6.07, 6.45) is 2.53. The molecular formula is C33H31FN4O5. The molecule has 2 fully saturated rings. The van der Waals surface area contributed by atoms with Crippen molar-refractivity contribution in [2.45, 2.75) is 50.5 Å². The van der Waals surface area contributed by atoms with E-state index in [-0.39, 0.29) is 23.3 Å². The van der Waals surface area contributed by atoms with Crippen LogP contribution in [-0.2, 0) is 17.8 Å². The van der Waals surface area contributed by atoms with Crippen LogP contribution in [0, 0.1) is 17.1 Å². The molecule has 43 heavy (non-hydrogen) atoms. The maximum absolute atomic E-state index is 14.9. The summed E-state index contributed by atoms with van der Waals surface area (Å²) in [4.78, 5) is 18.6. The van der Waals surface area contributed by atoms with Crippen molar-refractivity contribution in [1.29, 1.82) is 5.26 Å². The number of benzene rings is 3. The van der Waals surface area contributed by atoms with Gasteiger partial charge in [0.15, 0.2) is 23.4 Å². The average molecular weight is 583 g/mol. The van der Waals surface area contributed by atoms with Gasteiger partial charge in [-0.15, -0.1) is 0 Å². The highest BCUT2D eigenvalue weighted by molar-refractivity contribution is 5.92. The minimum absolute atomic E-state index is 0.0152. The first-order valence-electron chi connectivity index (χ1n) is 14.6. The third-order valence-electron chi connectivity index (χ3n) is 8.77. The molecule has 9 nitrogen and oxygen atoms in total. The summed E-state index contributed by atoms with van der Waals surface area (Å²) in [6.45, 7) is 3.80. The van der Waals surface area contributed by atoms with Crippen molar-refractivity contribution in [2.24, 2.45) is 0 Å². The van der Waals surface area contributed by atoms with E-state index in [1.54, 1.807) is 12.1 Å². The average Bonchev–Trinajstić information content (AvgIpc) is 3.35. The van der Waals surface area contributed by atoms with Crippen LogP contribution in [0.1, 0.15) is 64.2 Å². The first-order valence-corrected chi connectivity index (χ1v) is 14.6. The molecule has 10 heteroatoms. The molecule has 0 amide bonds. The molecule has 3 aliphatic rings. The van der Waals surface area contributed by atoms with E-state index in [0.29, 0.717) is 49.1 Å². The molecule has 0 spiro atoms. The maximum atomic E-state index is 14.9. The molecule has 0 unspecified atom stereocenters. The lowest BCUT2D eigenvalue weighted by Gasteiger charge is -2.35. The minimum atomic E-state index is -1.17. The molecule has 4 aromatic rings. The van der Waals surface area contributed by atoms with Gasteiger partial charge >= 0.3 is 5.97 Å². The predicted octanol–water partition coefficient (Wildman–Crippen LogP) is 5.43. The van der Waals surface area contributed by atoms with Crippen molar-refractivity contribution in [3.05, 3.63) is 88.5 Å². The SMILES string of the molecule is N#Cc1ccc([C@@H]2COc3c(cccc3C3CCN(Cc4nc5c(F)cc(C(=O)O)cc5n4C[C@@H]4CCO4)CC3)O2)cc1. The summed E-state index contributed by atoms with van der Waals surface area (Å²) in [7, 11) is 0. The number of halogens is 1. The van der Waals surface area contributed by atoms with Crippen molar-refractivity contribution in [2.75, 3.05) is 26.3 Å². The largest absolute Gasteiger partial charge is 0.485 e. The van der Waals surface area contributed by atoms with Crippen molar-refractivity contribution in [1.82, 2.24) is 14.5 Å². The summed E-state index contributed by atoms with van der Waals surface area (Å²) < 4.78 is 35.1. The number of nitriles is 1. The molecular weight excluding hydrogens is 551 g/mol. The topological polar surface area (TPSA) is 110 Å². The fraction of sp³-hybridized carbons (Fsp3) is 0.364. The smallest absolute Gasteiger partial charge is 0.335 e. The van der Waals surface area contributed by atoms with E-state index in [9.17, 15) is 14.3 Å². The summed E-state index contributed by atoms with van der Waals surface area (Å²) in [6, 6.07) is 18.1. The fourth-order valence-corrected chi connectivity index (χ4v) is 6.30. The molecule has 4 heterocycles. The number of carboxylic acids is 1. The Kier molecular flexibility index (Phi) is 7.21. The number of ether oxygens (including phenoxy) is 3. The number of fused-ring (bicyclic) bond motifs is 2. The highest BCUT2D eigenvalue weighted by atomic mass is 19.1. The Labute approximate surface area is 248 Å². The molecule has 0 bridgehead atoms. The van der Waals surface area contributed by atoms with Gasteiger partial charge in [-0.3, -0.25) is 4.90 Å². The van der Waals surface area contributed by atoms with Crippen LogP contribution in [0.3, 0.4) is 0 Å². The van der Waals surface area contributed by atoms with Crippen molar-refractivity contribution in [3.8, 4) is 17.6 Å². The molecule has 0 aliphatic carbocycles. The van der Waals surface area contributed by atoms with E-state index in [0.717, 1.165) is 61.0 Å². The lowest BCUT2D eigenvalue weighted by atomic mass is 9.88. The van der Waals surface area contributed by atoms with Gasteiger partial charge in [-0.25, -0.2) is 14.2 Å². The van der Waals surface area contributed by atoms with E-state index in [1.807, 2.05) is 28.8 Å². The van der Waals surface area contributed by atoms with Crippen molar-refractivity contribution in [3.63, 3.8) is 0 Å². The minimum Gasteiger partial charge on any atom is -0.485 e. The molecule has 3 aliphatic heterocycles. The number of hydrogen-bond acceptors (Lipinski definition) is 7. The van der Waals surface area contributed by atoms with Crippen molar-refractivity contribution >= 4 is 17.0 Å². The van der Waals surface area contributed by atoms with Crippen LogP contribution in [0.25, 0.3) is 11.0 Å². The Morgan fingerprint density at radius 3 is 2.60 bits per heavy atom. The Balaban J connectivity index is 1.06. The first-order chi connectivity index (χ1) is 21.0. The lowest BCUT2D eigenvalue weighted by molar-refractivity contribution is -0.0592. The summed E-state index contributed by atoms with van der Waals surface area (Å²) >= 11 is 0. The Bertz CT molecular complexity index is 1720. The van der Waals surface area contributed by atoms with E-state index in [1.165, 1.54) is 6.07 Å². The number of aromatic carboxylic acids is 1. The molecule has 220 valence electrons. The van der Waals surface area contributed by atoms with Crippen LogP contribution in [0.4, 0.5) is 4.39 Å². The summed E-state index contributed by atoms with van der Waals surface area (Å²) in [5.74, 6) is 0.764. The highest BCUT2D eigenvalue weighted by Gasteiger charge is 2.31. The molecule has 2 atom stereocenters. The lowest BCUT2D eigenvalue weighted by Crippen LogP contribution is -2.35. The zero-order valence-corrected chi connectivity index (χ0v) is 23.5. The number of carbonyl (C=O) groups is 1. The van der Waals surface area contributed by atoms with Crippen molar-refractivity contribution < 1.29 is 28.5 Å². The van der Waals surface area contributed by atoms with Gasteiger partial charge in [0.25, 0.3) is 0 Å². The molecule has 3 aromatic carbocycles. The molecule has 1 N–H and O–H groups in total. The summed E-state index contributed by atoms with van der Waals surface area (Å²) in [5, 5.41) is 18.6. The quantitative estimate of drug-likeness (QED) is 0.307. The summed E-state index contributed by atoms with van der Waals surface area (Å²) in [5.41, 5.74) is 3.32. The van der Waals surface area contributed by atoms with Gasteiger partial charge in [0, 0.05) is 12.2 Å². The van der Waals surface area contributed by atoms with Crippen LogP contribution in [0.5, 0.6) is 11.5 Å². The normalized spacial score (nSPS) is 20.5. The third kappa shape index (κ3) is 5.31. The van der Waals surface area contributed by atoms with Gasteiger partial charge in [0.05, 0.1) is 41.9 Å². The molecule has 7 rings (SSSR count). The van der Waals surface area contributed by atoms with Gasteiger partial charge in [-0.1, -0.05) is 24.3 Å². The standard InChI is InChI=1S/C33H31FN4O5/c34-26-14-23(33(39)40)15-27-31(26)36-30(38(27)17-24-10-13-41-24)18-37-11-8-21(9-12-37)25-2-1-3-28-32(25)42-19-29(43-28)22-6-4-20(16-35)5-7-22/h1-7,14-15,21,24,29H,8-13,17-19H2,(H,39,40)/t24-,29-/m0/s1. The molecule has 1 aromatic heterocycles. The molecule has 0 saturated carbocycles. The Hall–Kier alpha value is -4.46. The third-order valence-corrected chi connectivity index (χ3v) is 8.77. The van der Waals surface area contributed by atoms with E-state index in [2.05, 4.69) is 22.0 Å². The number of aromatic nitrogens is 2. The van der Waals surface area contributed by atoms with Gasteiger partial charge in [0.2, 0.25) is 0 Å². The zero-order chi connectivity index (χ0) is 29.5. The number of piperidine rings is 1. The van der Waals surface area contributed by atoms with E-state index in [4.69, 9.17) is 19.5 Å². The number of hydrogen-bond donors (Lipinski definition) is 1. The van der Waals surface area contributed by atoms with Crippen LogP contribution >= 0.6 is 0 Å². The van der Waals surface area contributed by atoms with E-state index < -0.39 is 11.8 Å². The highest BCUT2D eigenvalue weighted by Crippen LogP contribution is 2.44. The van der Waals surface area contributed by atoms with E-state index >= 15 is 0 Å². The fourth-order valence-electron chi connectivity index (χ4n) is 6.30. The second-order valence-corrected chi connectivity index (χ2v) is 11.4. The number of nitrogens with zero attached hydrogens (tertiary/aromatic N) is 4. The number of carboxylic acid groups (broad SMARTS) is 1. The Morgan fingerprint density at radius 1 is 1.12 bits per heavy atom. The predicted molar refractivity (Wildman–Crippen MR) is 155 cm³/mol. The Morgan fingerprint density at radius 2 is 1.91 bits per heavy atom. The second kappa shape index (κ2) is 11.3. The van der Waals surface area contributed by atoms with Crippen LogP contribution in [0.2, 0.25) is 0 Å². The monoisotopic (exact) mass is 582 g/mol. The van der Waals surface area contributed by atoms with Crippen LogP contribution in [-0.4, -0.2) is 57.9 Å². The van der Waals surface area contributed by atoms with Crippen LogP contribution in [0.15, 0.2) is 54.6 Å².